The summed E-state index contributed by atoms with van der Waals surface area (Å²) < 4.78 is 5.51. The number of ether oxygens (including phenoxy) is 1. The molecule has 0 atom stereocenters. The molecule has 4 rings (SSSR count). The van der Waals surface area contributed by atoms with Gasteiger partial charge in [-0.25, -0.2) is 4.79 Å². The zero-order chi connectivity index (χ0) is 24.1. The number of carbonyl (C=O) groups is 3. The summed E-state index contributed by atoms with van der Waals surface area (Å²) >= 11 is 0. The van der Waals surface area contributed by atoms with Crippen LogP contribution in [0.4, 0.5) is 4.79 Å². The van der Waals surface area contributed by atoms with Gasteiger partial charge in [-0.3, -0.25) is 9.59 Å². The summed E-state index contributed by atoms with van der Waals surface area (Å²) in [6.07, 6.45) is 4.69. The highest BCUT2D eigenvalue weighted by atomic mass is 16.5. The van der Waals surface area contributed by atoms with Gasteiger partial charge in [0, 0.05) is 24.1 Å². The quantitative estimate of drug-likeness (QED) is 0.570. The number of carbonyl (C=O) groups excluding carboxylic acids is 2. The average molecular weight is 463 g/mol. The molecule has 0 radical (unpaired) electrons. The van der Waals surface area contributed by atoms with Gasteiger partial charge < -0.3 is 20.1 Å². The maximum Gasteiger partial charge on any atom is 0.407 e. The molecule has 2 aliphatic rings. The Morgan fingerprint density at radius 3 is 2.21 bits per heavy atom. The zero-order valence-electron chi connectivity index (χ0n) is 19.3. The number of alkyl carbamates (subject to hydrolysis) is 1. The minimum Gasteiger partial charge on any atom is -0.480 e. The van der Waals surface area contributed by atoms with E-state index in [2.05, 4.69) is 29.6 Å². The molecule has 2 N–H and O–H groups in total. The van der Waals surface area contributed by atoms with Crippen molar-refractivity contribution in [3.8, 4) is 11.1 Å². The number of nitrogens with zero attached hydrogens (tertiary/aromatic N) is 1. The van der Waals surface area contributed by atoms with Crippen LogP contribution in [0.1, 0.15) is 49.7 Å². The molecule has 2 aliphatic carbocycles. The lowest BCUT2D eigenvalue weighted by Crippen LogP contribution is -2.42. The molecular formula is C27H30N2O5. The highest BCUT2D eigenvalue weighted by Crippen LogP contribution is 2.44. The number of hydrogen-bond donors (Lipinski definition) is 2. The summed E-state index contributed by atoms with van der Waals surface area (Å²) in [7, 11) is 0. The maximum atomic E-state index is 12.8. The number of carboxylic acids is 1. The molecule has 2 amide bonds. The summed E-state index contributed by atoms with van der Waals surface area (Å²) in [4.78, 5) is 37.8. The van der Waals surface area contributed by atoms with E-state index in [1.54, 1.807) is 13.0 Å². The number of amides is 2. The second-order valence-electron chi connectivity index (χ2n) is 8.86. The van der Waals surface area contributed by atoms with Crippen molar-refractivity contribution in [1.29, 1.82) is 0 Å². The predicted octanol–water partition coefficient (Wildman–Crippen LogP) is 4.33. The number of rotatable bonds is 8. The van der Waals surface area contributed by atoms with Crippen LogP contribution < -0.4 is 5.32 Å². The van der Waals surface area contributed by atoms with E-state index in [9.17, 15) is 19.5 Å². The number of nitrogens with one attached hydrogen (secondary N) is 1. The van der Waals surface area contributed by atoms with Crippen molar-refractivity contribution in [1.82, 2.24) is 10.2 Å². The van der Waals surface area contributed by atoms with Crippen LogP contribution in [0, 0.1) is 0 Å². The Kier molecular flexibility index (Phi) is 7.30. The summed E-state index contributed by atoms with van der Waals surface area (Å²) in [5.41, 5.74) is 5.02. The van der Waals surface area contributed by atoms with Crippen LogP contribution in [-0.2, 0) is 14.3 Å². The van der Waals surface area contributed by atoms with Gasteiger partial charge in [-0.2, -0.15) is 0 Å². The molecule has 0 aliphatic heterocycles. The Morgan fingerprint density at radius 2 is 1.62 bits per heavy atom. The second kappa shape index (κ2) is 10.5. The maximum absolute atomic E-state index is 12.8. The SMILES string of the molecule is C/C(=C\CNC(=O)OCC1c2ccccc2-c2ccccc21)C(=O)N(CC(=O)O)C1CCCC1. The molecule has 1 fully saturated rings. The van der Waals surface area contributed by atoms with E-state index < -0.39 is 12.1 Å². The van der Waals surface area contributed by atoms with Crippen LogP contribution in [0.2, 0.25) is 0 Å². The van der Waals surface area contributed by atoms with Gasteiger partial charge in [-0.05, 0) is 42.0 Å². The average Bonchev–Trinajstić information content (AvgIpc) is 3.47. The lowest BCUT2D eigenvalue weighted by Gasteiger charge is -2.27. The van der Waals surface area contributed by atoms with Gasteiger partial charge in [-0.15, -0.1) is 0 Å². The highest BCUT2D eigenvalue weighted by Gasteiger charge is 2.30. The van der Waals surface area contributed by atoms with E-state index >= 15 is 0 Å². The van der Waals surface area contributed by atoms with Gasteiger partial charge >= 0.3 is 12.1 Å². The van der Waals surface area contributed by atoms with Gasteiger partial charge in [0.25, 0.3) is 0 Å². The number of carboxylic acid groups (broad SMARTS) is 1. The molecule has 0 aromatic heterocycles. The second-order valence-corrected chi connectivity index (χ2v) is 8.86. The van der Waals surface area contributed by atoms with E-state index in [4.69, 9.17) is 4.74 Å². The van der Waals surface area contributed by atoms with Gasteiger partial charge in [0.15, 0.2) is 0 Å². The first-order chi connectivity index (χ1) is 16.5. The first-order valence-electron chi connectivity index (χ1n) is 11.7. The van der Waals surface area contributed by atoms with E-state index in [1.165, 1.54) is 4.90 Å². The molecule has 0 bridgehead atoms. The molecule has 7 nitrogen and oxygen atoms in total. The molecule has 0 spiro atoms. The molecule has 178 valence electrons. The zero-order valence-corrected chi connectivity index (χ0v) is 19.3. The van der Waals surface area contributed by atoms with Crippen molar-refractivity contribution in [3.05, 3.63) is 71.3 Å². The standard InChI is InChI=1S/C27H30N2O5/c1-18(26(32)29(16-25(30)31)19-8-2-3-9-19)14-15-28-27(33)34-17-24-22-12-6-4-10-20(22)21-11-5-7-13-23(21)24/h4-7,10-14,19,24H,2-3,8-9,15-17H2,1H3,(H,28,33)(H,30,31)/b18-14+. The van der Waals surface area contributed by atoms with E-state index in [1.807, 2.05) is 24.3 Å². The Hall–Kier alpha value is -3.61. The normalized spacial score (nSPS) is 15.5. The van der Waals surface area contributed by atoms with Crippen LogP contribution in [-0.4, -0.2) is 53.7 Å². The van der Waals surface area contributed by atoms with Crippen molar-refractivity contribution in [2.24, 2.45) is 0 Å². The lowest BCUT2D eigenvalue weighted by atomic mass is 9.98. The summed E-state index contributed by atoms with van der Waals surface area (Å²) in [5.74, 6) is -1.35. The largest absolute Gasteiger partial charge is 0.480 e. The van der Waals surface area contributed by atoms with Crippen molar-refractivity contribution >= 4 is 18.0 Å². The van der Waals surface area contributed by atoms with E-state index in [-0.39, 0.29) is 37.6 Å². The fourth-order valence-electron chi connectivity index (χ4n) is 4.98. The number of aliphatic carboxylic acids is 1. The fraction of sp³-hybridized carbons (Fsp3) is 0.370. The van der Waals surface area contributed by atoms with Gasteiger partial charge in [0.1, 0.15) is 13.2 Å². The highest BCUT2D eigenvalue weighted by molar-refractivity contribution is 5.95. The molecule has 34 heavy (non-hydrogen) atoms. The Bertz CT molecular complexity index is 1060. The van der Waals surface area contributed by atoms with Crippen molar-refractivity contribution < 1.29 is 24.2 Å². The molecule has 0 saturated heterocycles. The van der Waals surface area contributed by atoms with Crippen LogP contribution in [0.3, 0.4) is 0 Å². The molecule has 0 unspecified atom stereocenters. The lowest BCUT2D eigenvalue weighted by molar-refractivity contribution is -0.144. The van der Waals surface area contributed by atoms with Crippen LogP contribution >= 0.6 is 0 Å². The molecule has 2 aromatic carbocycles. The van der Waals surface area contributed by atoms with Crippen molar-refractivity contribution in [2.45, 2.75) is 44.6 Å². The fourth-order valence-corrected chi connectivity index (χ4v) is 4.98. The molecular weight excluding hydrogens is 432 g/mol. The third-order valence-corrected chi connectivity index (χ3v) is 6.67. The predicted molar refractivity (Wildman–Crippen MR) is 128 cm³/mol. The Morgan fingerprint density at radius 1 is 1.03 bits per heavy atom. The van der Waals surface area contributed by atoms with E-state index in [0.717, 1.165) is 47.9 Å². The van der Waals surface area contributed by atoms with Gasteiger partial charge in [0.2, 0.25) is 5.91 Å². The topological polar surface area (TPSA) is 95.9 Å². The Balaban J connectivity index is 1.32. The molecule has 2 aromatic rings. The van der Waals surface area contributed by atoms with Gasteiger partial charge in [0.05, 0.1) is 0 Å². The van der Waals surface area contributed by atoms with Crippen LogP contribution in [0.5, 0.6) is 0 Å². The van der Waals surface area contributed by atoms with Crippen molar-refractivity contribution in [2.75, 3.05) is 19.7 Å². The van der Waals surface area contributed by atoms with Crippen LogP contribution in [0.25, 0.3) is 11.1 Å². The minimum absolute atomic E-state index is 0.0204. The third-order valence-electron chi connectivity index (χ3n) is 6.67. The van der Waals surface area contributed by atoms with Crippen LogP contribution in [0.15, 0.2) is 60.2 Å². The smallest absolute Gasteiger partial charge is 0.407 e. The third kappa shape index (κ3) is 5.14. The number of hydrogen-bond acceptors (Lipinski definition) is 4. The molecule has 1 saturated carbocycles. The first kappa shape index (κ1) is 23.5. The summed E-state index contributed by atoms with van der Waals surface area (Å²) in [6, 6.07) is 16.2. The number of fused-ring (bicyclic) bond motifs is 3. The van der Waals surface area contributed by atoms with Crippen molar-refractivity contribution in [3.63, 3.8) is 0 Å². The monoisotopic (exact) mass is 462 g/mol. The van der Waals surface area contributed by atoms with Gasteiger partial charge in [-0.1, -0.05) is 67.4 Å². The first-order valence-corrected chi connectivity index (χ1v) is 11.7. The molecule has 0 heterocycles. The summed E-state index contributed by atoms with van der Waals surface area (Å²) in [6.45, 7) is 1.68. The number of benzene rings is 2. The summed E-state index contributed by atoms with van der Waals surface area (Å²) in [5, 5.41) is 11.9. The minimum atomic E-state index is -1.02. The Labute approximate surface area is 199 Å². The molecule has 7 heteroatoms. The van der Waals surface area contributed by atoms with E-state index in [0.29, 0.717) is 5.57 Å².